The van der Waals surface area contributed by atoms with Crippen LogP contribution in [0.15, 0.2) is 21.3 Å². The summed E-state index contributed by atoms with van der Waals surface area (Å²) < 4.78 is 5.23. The first-order valence-electron chi connectivity index (χ1n) is 5.39. The molecule has 3 aromatic rings. The molecular formula is C11H10N6O3. The third-order valence-corrected chi connectivity index (χ3v) is 2.54. The van der Waals surface area contributed by atoms with E-state index in [0.29, 0.717) is 18.0 Å². The zero-order valence-electron chi connectivity index (χ0n) is 10.1. The number of fused-ring (bicyclic) bond motifs is 1. The molecule has 20 heavy (non-hydrogen) atoms. The molecule has 0 aliphatic heterocycles. The highest BCUT2D eigenvalue weighted by atomic mass is 16.3. The van der Waals surface area contributed by atoms with E-state index in [4.69, 9.17) is 15.4 Å². The van der Waals surface area contributed by atoms with Crippen LogP contribution in [-0.4, -0.2) is 25.4 Å². The third-order valence-electron chi connectivity index (χ3n) is 2.54. The maximum absolute atomic E-state index is 11.6. The molecule has 0 unspecified atom stereocenters. The van der Waals surface area contributed by atoms with E-state index in [-0.39, 0.29) is 33.9 Å². The Morgan fingerprint density at radius 2 is 2.15 bits per heavy atom. The lowest BCUT2D eigenvalue weighted by atomic mass is 10.3. The highest BCUT2D eigenvalue weighted by Crippen LogP contribution is 2.12. The molecule has 0 saturated heterocycles. The van der Waals surface area contributed by atoms with Crippen LogP contribution >= 0.6 is 0 Å². The summed E-state index contributed by atoms with van der Waals surface area (Å²) in [5.41, 5.74) is 5.57. The molecule has 6 N–H and O–H groups in total. The summed E-state index contributed by atoms with van der Waals surface area (Å²) in [6.07, 6.45) is 0.331. The highest BCUT2D eigenvalue weighted by Gasteiger charge is 2.11. The van der Waals surface area contributed by atoms with Crippen molar-refractivity contribution in [1.82, 2.24) is 19.9 Å². The third kappa shape index (κ3) is 2.23. The number of aromatic amines is 2. The van der Waals surface area contributed by atoms with E-state index in [1.807, 2.05) is 6.07 Å². The Balaban J connectivity index is 0.00000147. The number of aromatic nitrogens is 4. The van der Waals surface area contributed by atoms with Crippen molar-refractivity contribution in [3.63, 3.8) is 0 Å². The van der Waals surface area contributed by atoms with Gasteiger partial charge < -0.3 is 20.6 Å². The minimum atomic E-state index is -0.376. The van der Waals surface area contributed by atoms with Gasteiger partial charge in [0.1, 0.15) is 17.7 Å². The summed E-state index contributed by atoms with van der Waals surface area (Å²) in [5.74, 6) is 1.32. The Bertz CT molecular complexity index is 853. The molecule has 3 aromatic heterocycles. The van der Waals surface area contributed by atoms with Crippen molar-refractivity contribution in [3.05, 3.63) is 39.8 Å². The number of imidazole rings is 1. The Hall–Kier alpha value is -3.12. The first-order chi connectivity index (χ1) is 9.15. The maximum Gasteiger partial charge on any atom is 0.278 e. The van der Waals surface area contributed by atoms with Crippen LogP contribution in [-0.2, 0) is 6.42 Å². The molecule has 0 radical (unpaired) electrons. The van der Waals surface area contributed by atoms with Crippen molar-refractivity contribution >= 4 is 17.1 Å². The largest absolute Gasteiger partial charge is 0.450 e. The van der Waals surface area contributed by atoms with Gasteiger partial charge in [0, 0.05) is 0 Å². The average molecular weight is 274 g/mol. The number of nitriles is 1. The Morgan fingerprint density at radius 1 is 1.35 bits per heavy atom. The second-order valence-corrected chi connectivity index (χ2v) is 3.89. The van der Waals surface area contributed by atoms with Gasteiger partial charge in [-0.2, -0.15) is 10.2 Å². The number of furan rings is 1. The van der Waals surface area contributed by atoms with Gasteiger partial charge in [0.2, 0.25) is 11.7 Å². The maximum atomic E-state index is 11.6. The fraction of sp³-hybridized carbons (Fsp3) is 0.0909. The number of anilines is 1. The van der Waals surface area contributed by atoms with Gasteiger partial charge in [-0.3, -0.25) is 9.78 Å². The zero-order valence-corrected chi connectivity index (χ0v) is 10.1. The summed E-state index contributed by atoms with van der Waals surface area (Å²) in [7, 11) is 0. The summed E-state index contributed by atoms with van der Waals surface area (Å²) in [4.78, 5) is 24.9. The van der Waals surface area contributed by atoms with Gasteiger partial charge in [-0.15, -0.1) is 0 Å². The number of hydrogen-bond acceptors (Lipinski definition) is 6. The smallest absolute Gasteiger partial charge is 0.278 e. The molecule has 0 fully saturated rings. The minimum absolute atomic E-state index is 0. The number of nitrogen functional groups attached to an aromatic ring is 1. The average Bonchev–Trinajstić information content (AvgIpc) is 2.96. The normalized spacial score (nSPS) is 10.2. The van der Waals surface area contributed by atoms with Gasteiger partial charge >= 0.3 is 0 Å². The van der Waals surface area contributed by atoms with Crippen LogP contribution in [0.4, 0.5) is 5.95 Å². The van der Waals surface area contributed by atoms with E-state index in [9.17, 15) is 4.79 Å². The number of nitrogens with one attached hydrogen (secondary N) is 2. The summed E-state index contributed by atoms with van der Waals surface area (Å²) in [5, 5.41) is 8.66. The van der Waals surface area contributed by atoms with Gasteiger partial charge in [-0.25, -0.2) is 4.98 Å². The quantitative estimate of drug-likeness (QED) is 0.566. The highest BCUT2D eigenvalue weighted by molar-refractivity contribution is 5.70. The van der Waals surface area contributed by atoms with E-state index in [2.05, 4.69) is 19.9 Å². The van der Waals surface area contributed by atoms with Crippen molar-refractivity contribution in [2.75, 3.05) is 5.73 Å². The van der Waals surface area contributed by atoms with Crippen LogP contribution in [0.25, 0.3) is 11.2 Å². The van der Waals surface area contributed by atoms with Crippen LogP contribution in [0.2, 0.25) is 0 Å². The van der Waals surface area contributed by atoms with Gasteiger partial charge in [-0.05, 0) is 12.1 Å². The molecule has 0 aliphatic carbocycles. The van der Waals surface area contributed by atoms with E-state index in [1.54, 1.807) is 12.1 Å². The molecule has 0 saturated carbocycles. The molecule has 0 aromatic carbocycles. The van der Waals surface area contributed by atoms with Crippen LogP contribution in [0.1, 0.15) is 17.3 Å². The molecule has 0 atom stereocenters. The second-order valence-electron chi connectivity index (χ2n) is 3.89. The van der Waals surface area contributed by atoms with E-state index in [0.717, 1.165) is 0 Å². The predicted molar refractivity (Wildman–Crippen MR) is 68.8 cm³/mol. The van der Waals surface area contributed by atoms with Gasteiger partial charge in [0.05, 0.1) is 6.42 Å². The SMILES string of the molecule is N#Cc1ccc(Cc2nc3nc(N)[nH]c(=O)c3[nH]2)o1.O. The van der Waals surface area contributed by atoms with Crippen molar-refractivity contribution < 1.29 is 9.89 Å². The monoisotopic (exact) mass is 274 g/mol. The standard InChI is InChI=1S/C11H8N6O2.H2O/c12-4-6-2-1-5(19-6)3-7-14-8-9(15-7)16-11(13)17-10(8)18;/h1-2H,3H2,(H4,13,14,15,16,17,18);1H2. The Kier molecular flexibility index (Phi) is 3.24. The van der Waals surface area contributed by atoms with Gasteiger partial charge in [0.15, 0.2) is 11.2 Å². The number of hydrogen-bond donors (Lipinski definition) is 3. The van der Waals surface area contributed by atoms with E-state index in [1.165, 1.54) is 0 Å². The molecule has 9 heteroatoms. The first-order valence-corrected chi connectivity index (χ1v) is 5.39. The minimum Gasteiger partial charge on any atom is -0.450 e. The lowest BCUT2D eigenvalue weighted by Crippen LogP contribution is -2.10. The first kappa shape index (κ1) is 13.3. The molecule has 0 bridgehead atoms. The molecule has 3 rings (SSSR count). The van der Waals surface area contributed by atoms with Crippen molar-refractivity contribution in [1.29, 1.82) is 5.26 Å². The Morgan fingerprint density at radius 3 is 2.85 bits per heavy atom. The molecule has 9 nitrogen and oxygen atoms in total. The zero-order chi connectivity index (χ0) is 13.4. The summed E-state index contributed by atoms with van der Waals surface area (Å²) in [6.45, 7) is 0. The lowest BCUT2D eigenvalue weighted by Gasteiger charge is -1.90. The van der Waals surface area contributed by atoms with Crippen molar-refractivity contribution in [2.45, 2.75) is 6.42 Å². The fourth-order valence-corrected chi connectivity index (χ4v) is 1.75. The van der Waals surface area contributed by atoms with E-state index < -0.39 is 0 Å². The molecule has 102 valence electrons. The van der Waals surface area contributed by atoms with Gasteiger partial charge in [-0.1, -0.05) is 0 Å². The topological polar surface area (TPSA) is 169 Å². The number of rotatable bonds is 2. The molecule has 0 amide bonds. The fourth-order valence-electron chi connectivity index (χ4n) is 1.75. The molecule has 3 heterocycles. The van der Waals surface area contributed by atoms with Crippen molar-refractivity contribution in [2.24, 2.45) is 0 Å². The lowest BCUT2D eigenvalue weighted by molar-refractivity contribution is 0.506. The summed E-state index contributed by atoms with van der Waals surface area (Å²) >= 11 is 0. The molecular weight excluding hydrogens is 264 g/mol. The molecule has 0 aliphatic rings. The number of nitrogens with zero attached hydrogens (tertiary/aromatic N) is 3. The van der Waals surface area contributed by atoms with Crippen LogP contribution in [0, 0.1) is 11.3 Å². The van der Waals surface area contributed by atoms with Crippen LogP contribution in [0.5, 0.6) is 0 Å². The number of H-pyrrole nitrogens is 2. The van der Waals surface area contributed by atoms with Crippen LogP contribution in [0.3, 0.4) is 0 Å². The molecule has 0 spiro atoms. The Labute approximate surface area is 111 Å². The van der Waals surface area contributed by atoms with Gasteiger partial charge in [0.25, 0.3) is 5.56 Å². The second kappa shape index (κ2) is 4.87. The predicted octanol–water partition coefficient (Wildman–Crippen LogP) is -0.541. The van der Waals surface area contributed by atoms with Crippen LogP contribution < -0.4 is 11.3 Å². The number of nitrogens with two attached hydrogens (primary N) is 1. The summed E-state index contributed by atoms with van der Waals surface area (Å²) in [6, 6.07) is 5.14. The van der Waals surface area contributed by atoms with E-state index >= 15 is 0 Å². The van der Waals surface area contributed by atoms with Crippen molar-refractivity contribution in [3.8, 4) is 6.07 Å².